The van der Waals surface area contributed by atoms with Crippen molar-refractivity contribution in [2.75, 3.05) is 4.90 Å². The van der Waals surface area contributed by atoms with Crippen molar-refractivity contribution in [2.24, 2.45) is 0 Å². The second kappa shape index (κ2) is 8.70. The summed E-state index contributed by atoms with van der Waals surface area (Å²) in [5.41, 5.74) is 2.47. The summed E-state index contributed by atoms with van der Waals surface area (Å²) >= 11 is 1.48. The molecule has 2 aromatic rings. The van der Waals surface area contributed by atoms with Gasteiger partial charge in [-0.2, -0.15) is 18.4 Å². The molecule has 3 aliphatic rings. The topological polar surface area (TPSA) is 61.2 Å². The third kappa shape index (κ3) is 3.86. The van der Waals surface area contributed by atoms with Gasteiger partial charge in [0, 0.05) is 34.9 Å². The van der Waals surface area contributed by atoms with Crippen LogP contribution >= 0.6 is 11.3 Å². The number of benzene rings is 1. The number of halogens is 3. The van der Waals surface area contributed by atoms with Gasteiger partial charge in [0.05, 0.1) is 11.1 Å². The Hall–Kier alpha value is -2.92. The molecule has 176 valence electrons. The molecule has 2 heterocycles. The van der Waals surface area contributed by atoms with Crippen LogP contribution in [-0.4, -0.2) is 11.7 Å². The Bertz CT molecular complexity index is 1230. The van der Waals surface area contributed by atoms with Gasteiger partial charge < -0.3 is 0 Å². The molecule has 0 bridgehead atoms. The van der Waals surface area contributed by atoms with Gasteiger partial charge in [0.25, 0.3) is 0 Å². The van der Waals surface area contributed by atoms with Crippen molar-refractivity contribution in [1.82, 2.24) is 0 Å². The average molecular weight is 485 g/mol. The van der Waals surface area contributed by atoms with Gasteiger partial charge in [-0.1, -0.05) is 18.6 Å². The second-order valence-corrected chi connectivity index (χ2v) is 10.2. The first-order valence-electron chi connectivity index (χ1n) is 11.6. The van der Waals surface area contributed by atoms with E-state index in [4.69, 9.17) is 0 Å². The van der Waals surface area contributed by atoms with Gasteiger partial charge in [-0.25, -0.2) is 0 Å². The lowest BCUT2D eigenvalue weighted by atomic mass is 9.77. The summed E-state index contributed by atoms with van der Waals surface area (Å²) in [5, 5.41) is 10.6. The Labute approximate surface area is 199 Å². The van der Waals surface area contributed by atoms with Gasteiger partial charge in [0.2, 0.25) is 5.91 Å². The summed E-state index contributed by atoms with van der Waals surface area (Å²) in [7, 11) is 0. The fraction of sp³-hybridized carbons (Fsp3) is 0.423. The molecule has 8 heteroatoms. The van der Waals surface area contributed by atoms with Crippen LogP contribution in [0.1, 0.15) is 78.0 Å². The Balaban J connectivity index is 1.61. The number of carbonyl (C=O) groups excluding carboxylic acids is 2. The van der Waals surface area contributed by atoms with E-state index >= 15 is 0 Å². The predicted molar refractivity (Wildman–Crippen MR) is 122 cm³/mol. The van der Waals surface area contributed by atoms with E-state index in [1.165, 1.54) is 23.5 Å². The Morgan fingerprint density at radius 2 is 1.71 bits per heavy atom. The zero-order chi connectivity index (χ0) is 24.0. The molecule has 1 aliphatic heterocycles. The van der Waals surface area contributed by atoms with E-state index in [0.29, 0.717) is 46.7 Å². The van der Waals surface area contributed by atoms with Crippen molar-refractivity contribution < 1.29 is 22.8 Å². The van der Waals surface area contributed by atoms with Crippen LogP contribution in [0.25, 0.3) is 0 Å². The molecule has 0 fully saturated rings. The van der Waals surface area contributed by atoms with Crippen molar-refractivity contribution in [3.05, 3.63) is 62.7 Å². The van der Waals surface area contributed by atoms with Gasteiger partial charge in [0.1, 0.15) is 11.1 Å². The van der Waals surface area contributed by atoms with Crippen molar-refractivity contribution in [3.8, 4) is 6.07 Å². The largest absolute Gasteiger partial charge is 0.416 e. The smallest absolute Gasteiger partial charge is 0.294 e. The summed E-state index contributed by atoms with van der Waals surface area (Å²) < 4.78 is 39.1. The number of Topliss-reactive ketones (excluding diaryl/α,β-unsaturated/α-hetero) is 1. The summed E-state index contributed by atoms with van der Waals surface area (Å²) in [6, 6.07) is 7.07. The fourth-order valence-corrected chi connectivity index (χ4v) is 6.80. The molecule has 0 saturated heterocycles. The minimum absolute atomic E-state index is 0.0105. The molecule has 2 aliphatic carbocycles. The molecule has 1 amide bonds. The van der Waals surface area contributed by atoms with E-state index < -0.39 is 17.7 Å². The lowest BCUT2D eigenvalue weighted by Gasteiger charge is -2.38. The lowest BCUT2D eigenvalue weighted by Crippen LogP contribution is -2.40. The first kappa shape index (κ1) is 22.9. The summed E-state index contributed by atoms with van der Waals surface area (Å²) in [6.45, 7) is 0. The summed E-state index contributed by atoms with van der Waals surface area (Å²) in [5.74, 6) is -0.858. The number of carbonyl (C=O) groups is 2. The van der Waals surface area contributed by atoms with Crippen molar-refractivity contribution in [1.29, 1.82) is 5.26 Å². The van der Waals surface area contributed by atoms with Gasteiger partial charge in [-0.3, -0.25) is 14.5 Å². The molecular weight excluding hydrogens is 461 g/mol. The highest BCUT2D eigenvalue weighted by Crippen LogP contribution is 2.48. The quantitative estimate of drug-likeness (QED) is 0.461. The average Bonchev–Trinajstić information content (AvgIpc) is 2.98. The highest BCUT2D eigenvalue weighted by molar-refractivity contribution is 7.16. The molecule has 0 spiro atoms. The maximum atomic E-state index is 13.5. The van der Waals surface area contributed by atoms with Crippen LogP contribution in [0.3, 0.4) is 0 Å². The zero-order valence-corrected chi connectivity index (χ0v) is 19.3. The highest BCUT2D eigenvalue weighted by Gasteiger charge is 2.42. The fourth-order valence-electron chi connectivity index (χ4n) is 5.42. The predicted octanol–water partition coefficient (Wildman–Crippen LogP) is 6.44. The van der Waals surface area contributed by atoms with Crippen molar-refractivity contribution in [2.45, 2.75) is 69.9 Å². The Morgan fingerprint density at radius 1 is 0.971 bits per heavy atom. The first-order valence-corrected chi connectivity index (χ1v) is 12.4. The number of rotatable bonds is 2. The first-order chi connectivity index (χ1) is 16.3. The van der Waals surface area contributed by atoms with Crippen molar-refractivity contribution >= 4 is 28.0 Å². The molecule has 34 heavy (non-hydrogen) atoms. The number of allylic oxidation sites excluding steroid dienone is 2. The minimum Gasteiger partial charge on any atom is -0.294 e. The summed E-state index contributed by atoms with van der Waals surface area (Å²) in [4.78, 5) is 29.3. The van der Waals surface area contributed by atoms with Crippen LogP contribution in [0.5, 0.6) is 0 Å². The number of fused-ring (bicyclic) bond motifs is 1. The number of anilines is 1. The number of nitrogens with zero attached hydrogens (tertiary/aromatic N) is 2. The van der Waals surface area contributed by atoms with Crippen LogP contribution in [-0.2, 0) is 28.6 Å². The lowest BCUT2D eigenvalue weighted by molar-refractivity contribution is -0.137. The van der Waals surface area contributed by atoms with Gasteiger partial charge >= 0.3 is 6.18 Å². The number of thiophene rings is 1. The van der Waals surface area contributed by atoms with E-state index in [0.717, 1.165) is 54.7 Å². The van der Waals surface area contributed by atoms with Crippen molar-refractivity contribution in [3.63, 3.8) is 0 Å². The van der Waals surface area contributed by atoms with E-state index in [1.54, 1.807) is 4.90 Å². The van der Waals surface area contributed by atoms with E-state index in [2.05, 4.69) is 6.07 Å². The number of ketones is 1. The molecule has 1 atom stereocenters. The molecule has 1 aromatic carbocycles. The molecule has 0 radical (unpaired) electrons. The highest BCUT2D eigenvalue weighted by atomic mass is 32.1. The second-order valence-electron chi connectivity index (χ2n) is 9.10. The molecule has 0 saturated carbocycles. The maximum absolute atomic E-state index is 13.5. The Morgan fingerprint density at radius 3 is 2.41 bits per heavy atom. The number of nitriles is 1. The number of alkyl halides is 3. The van der Waals surface area contributed by atoms with Crippen LogP contribution in [0.15, 0.2) is 35.5 Å². The number of amides is 1. The van der Waals surface area contributed by atoms with Crippen LogP contribution in [0.2, 0.25) is 0 Å². The number of hydrogen-bond donors (Lipinski definition) is 0. The number of aryl methyl sites for hydroxylation is 1. The molecule has 1 aromatic heterocycles. The van der Waals surface area contributed by atoms with E-state index in [1.807, 2.05) is 0 Å². The number of hydrogen-bond acceptors (Lipinski definition) is 4. The van der Waals surface area contributed by atoms with Crippen LogP contribution < -0.4 is 4.90 Å². The summed E-state index contributed by atoms with van der Waals surface area (Å²) in [6.07, 6.45) is 1.89. The molecular formula is C26H23F3N2O2S. The maximum Gasteiger partial charge on any atom is 0.416 e. The Kier molecular flexibility index (Phi) is 5.85. The van der Waals surface area contributed by atoms with Gasteiger partial charge in [-0.05, 0) is 61.8 Å². The molecule has 1 unspecified atom stereocenters. The monoisotopic (exact) mass is 484 g/mol. The standard InChI is InChI=1S/C26H23F3N2O2S/c27-26(28,29)16-11-9-15(10-12-16)18-13-23(33)31(20-6-4-7-21(32)24(18)20)25-19(14-30)17-5-2-1-3-8-22(17)34-25/h9-12,18H,1-8,13H2. The third-order valence-corrected chi connectivity index (χ3v) is 8.31. The van der Waals surface area contributed by atoms with Crippen LogP contribution in [0.4, 0.5) is 18.2 Å². The third-order valence-electron chi connectivity index (χ3n) is 7.03. The molecule has 5 rings (SSSR count). The van der Waals surface area contributed by atoms with Gasteiger partial charge in [-0.15, -0.1) is 11.3 Å². The normalized spacial score (nSPS) is 21.1. The minimum atomic E-state index is -4.45. The van der Waals surface area contributed by atoms with Crippen LogP contribution in [0, 0.1) is 11.3 Å². The van der Waals surface area contributed by atoms with Gasteiger partial charge in [0.15, 0.2) is 5.78 Å². The molecule has 0 N–H and O–H groups in total. The SMILES string of the molecule is N#Cc1c(N2C(=O)CC(c3ccc(C(F)(F)F)cc3)C3=C2CCCC3=O)sc2c1CCCCC2. The molecule has 4 nitrogen and oxygen atoms in total. The van der Waals surface area contributed by atoms with E-state index in [-0.39, 0.29) is 18.1 Å². The van der Waals surface area contributed by atoms with E-state index in [9.17, 15) is 28.0 Å². The zero-order valence-electron chi connectivity index (χ0n) is 18.5.